The molecule has 4 aromatic rings. The first-order chi connectivity index (χ1) is 17.5. The number of aryl methyl sites for hydroxylation is 2. The first-order valence-corrected chi connectivity index (χ1v) is 13.1. The molecule has 1 aliphatic heterocycles. The third kappa shape index (κ3) is 5.12. The summed E-state index contributed by atoms with van der Waals surface area (Å²) in [6.45, 7) is 7.60. The van der Waals surface area contributed by atoms with Gasteiger partial charge in [0.05, 0.1) is 21.3 Å². The van der Waals surface area contributed by atoms with E-state index < -0.39 is 0 Å². The third-order valence-electron chi connectivity index (χ3n) is 6.59. The normalized spacial score (nSPS) is 14.5. The maximum Gasteiger partial charge on any atom is 0.225 e. The molecule has 1 aromatic carbocycles. The van der Waals surface area contributed by atoms with Crippen LogP contribution in [0.15, 0.2) is 42.7 Å². The van der Waals surface area contributed by atoms with Crippen LogP contribution in [-0.2, 0) is 6.42 Å². The highest BCUT2D eigenvalue weighted by Gasteiger charge is 2.22. The zero-order chi connectivity index (χ0) is 25.1. The van der Waals surface area contributed by atoms with Crippen LogP contribution in [0.3, 0.4) is 0 Å². The summed E-state index contributed by atoms with van der Waals surface area (Å²) in [6.07, 6.45) is 6.54. The molecule has 0 amide bonds. The van der Waals surface area contributed by atoms with Crippen molar-refractivity contribution in [2.45, 2.75) is 39.2 Å². The van der Waals surface area contributed by atoms with Crippen LogP contribution in [0.1, 0.15) is 31.2 Å². The van der Waals surface area contributed by atoms with Crippen molar-refractivity contribution in [2.75, 3.05) is 36.4 Å². The van der Waals surface area contributed by atoms with Gasteiger partial charge in [-0.25, -0.2) is 15.0 Å². The lowest BCUT2D eigenvalue weighted by Gasteiger charge is -2.32. The van der Waals surface area contributed by atoms with Gasteiger partial charge in [0.15, 0.2) is 5.65 Å². The lowest BCUT2D eigenvalue weighted by Crippen LogP contribution is -2.44. The summed E-state index contributed by atoms with van der Waals surface area (Å²) in [5.41, 5.74) is 4.22. The highest BCUT2D eigenvalue weighted by atomic mass is 35.5. The van der Waals surface area contributed by atoms with Gasteiger partial charge in [0.25, 0.3) is 0 Å². The predicted molar refractivity (Wildman–Crippen MR) is 146 cm³/mol. The molecule has 10 heteroatoms. The number of nitrogens with one attached hydrogen (secondary N) is 2. The van der Waals surface area contributed by atoms with Gasteiger partial charge >= 0.3 is 0 Å². The molecule has 4 heterocycles. The summed E-state index contributed by atoms with van der Waals surface area (Å²) in [5.74, 6) is 1.73. The molecule has 0 saturated carbocycles. The summed E-state index contributed by atoms with van der Waals surface area (Å²) < 4.78 is 1.86. The Kier molecular flexibility index (Phi) is 7.55. The molecule has 5 rings (SSSR count). The van der Waals surface area contributed by atoms with Gasteiger partial charge in [0.1, 0.15) is 5.82 Å². The number of hydrogen-bond acceptors (Lipinski definition) is 7. The maximum atomic E-state index is 6.54. The minimum Gasteiger partial charge on any atom is -0.369 e. The highest BCUT2D eigenvalue weighted by Crippen LogP contribution is 2.39. The number of anilines is 2. The van der Waals surface area contributed by atoms with Crippen molar-refractivity contribution >= 4 is 40.6 Å². The molecule has 1 saturated heterocycles. The largest absolute Gasteiger partial charge is 0.369 e. The van der Waals surface area contributed by atoms with E-state index in [1.807, 2.05) is 35.7 Å². The fraction of sp³-hybridized carbons (Fsp3) is 0.385. The average molecular weight is 525 g/mol. The molecule has 0 atom stereocenters. The molecule has 0 aliphatic carbocycles. The number of aromatic nitrogens is 5. The fourth-order valence-corrected chi connectivity index (χ4v) is 5.30. The molecule has 188 valence electrons. The predicted octanol–water partition coefficient (Wildman–Crippen LogP) is 5.03. The zero-order valence-corrected chi connectivity index (χ0v) is 22.0. The minimum atomic E-state index is 0.483. The number of hydrogen-bond donors (Lipinski definition) is 2. The maximum absolute atomic E-state index is 6.54. The molecule has 36 heavy (non-hydrogen) atoms. The van der Waals surface area contributed by atoms with Crippen molar-refractivity contribution in [3.05, 3.63) is 64.2 Å². The summed E-state index contributed by atoms with van der Waals surface area (Å²) >= 11 is 13.1. The Morgan fingerprint density at radius 2 is 1.72 bits per heavy atom. The molecule has 3 aromatic heterocycles. The van der Waals surface area contributed by atoms with Crippen LogP contribution in [0.25, 0.3) is 16.8 Å². The van der Waals surface area contributed by atoms with E-state index in [4.69, 9.17) is 33.3 Å². The summed E-state index contributed by atoms with van der Waals surface area (Å²) in [7, 11) is 0. The first-order valence-electron chi connectivity index (χ1n) is 12.4. The summed E-state index contributed by atoms with van der Waals surface area (Å²) in [6, 6.07) is 9.93. The Morgan fingerprint density at radius 1 is 1.00 bits per heavy atom. The number of nitrogens with zero attached hydrogens (tertiary/aromatic N) is 6. The van der Waals surface area contributed by atoms with Gasteiger partial charge in [-0.2, -0.15) is 9.61 Å². The average Bonchev–Trinajstić information content (AvgIpc) is 3.23. The second-order valence-electron chi connectivity index (χ2n) is 8.97. The molecule has 2 N–H and O–H groups in total. The van der Waals surface area contributed by atoms with Crippen molar-refractivity contribution in [1.29, 1.82) is 0 Å². The van der Waals surface area contributed by atoms with Gasteiger partial charge < -0.3 is 15.5 Å². The van der Waals surface area contributed by atoms with Gasteiger partial charge in [-0.3, -0.25) is 0 Å². The van der Waals surface area contributed by atoms with Gasteiger partial charge in [0, 0.05) is 61.9 Å². The topological polar surface area (TPSA) is 83.3 Å². The smallest absolute Gasteiger partial charge is 0.225 e. The van der Waals surface area contributed by atoms with Crippen LogP contribution in [-0.4, -0.2) is 56.8 Å². The SMILES string of the molecule is CCc1cc(NCCNC2CCN(c3ncccn3)CC2)n2nc(C)c(-c3c(Cl)cccc3Cl)c2n1. The van der Waals surface area contributed by atoms with Crippen molar-refractivity contribution < 1.29 is 0 Å². The zero-order valence-electron chi connectivity index (χ0n) is 20.5. The Labute approximate surface area is 221 Å². The van der Waals surface area contributed by atoms with Crippen LogP contribution in [0.2, 0.25) is 10.0 Å². The summed E-state index contributed by atoms with van der Waals surface area (Å²) in [5, 5.41) is 13.2. The summed E-state index contributed by atoms with van der Waals surface area (Å²) in [4.78, 5) is 15.9. The molecule has 0 unspecified atom stereocenters. The molecule has 1 fully saturated rings. The van der Waals surface area contributed by atoms with Gasteiger partial charge in [-0.1, -0.05) is 36.2 Å². The Hall–Kier alpha value is -2.94. The third-order valence-corrected chi connectivity index (χ3v) is 7.22. The lowest BCUT2D eigenvalue weighted by molar-refractivity contribution is 0.418. The van der Waals surface area contributed by atoms with E-state index in [-0.39, 0.29) is 0 Å². The van der Waals surface area contributed by atoms with E-state index in [9.17, 15) is 0 Å². The van der Waals surface area contributed by atoms with Crippen LogP contribution in [0.5, 0.6) is 0 Å². The van der Waals surface area contributed by atoms with Gasteiger partial charge in [-0.05, 0) is 44.4 Å². The van der Waals surface area contributed by atoms with E-state index in [0.29, 0.717) is 16.1 Å². The van der Waals surface area contributed by atoms with Crippen LogP contribution in [0, 0.1) is 6.92 Å². The number of rotatable bonds is 8. The van der Waals surface area contributed by atoms with E-state index >= 15 is 0 Å². The Bertz CT molecular complexity index is 1310. The number of halogens is 2. The van der Waals surface area contributed by atoms with Gasteiger partial charge in [0.2, 0.25) is 5.95 Å². The van der Waals surface area contributed by atoms with Crippen molar-refractivity contribution in [1.82, 2.24) is 29.9 Å². The Balaban J connectivity index is 1.26. The van der Waals surface area contributed by atoms with E-state index in [1.54, 1.807) is 12.4 Å². The lowest BCUT2D eigenvalue weighted by atomic mass is 10.1. The second kappa shape index (κ2) is 11.0. The van der Waals surface area contributed by atoms with Crippen LogP contribution in [0.4, 0.5) is 11.8 Å². The molecule has 8 nitrogen and oxygen atoms in total. The first kappa shape index (κ1) is 24.7. The van der Waals surface area contributed by atoms with Crippen molar-refractivity contribution in [3.8, 4) is 11.1 Å². The number of piperidine rings is 1. The second-order valence-corrected chi connectivity index (χ2v) is 9.78. The van der Waals surface area contributed by atoms with Crippen LogP contribution >= 0.6 is 23.2 Å². The standard InChI is InChI=1S/C26H30Cl2N8/c1-3-18-16-22(30-13-12-29-19-8-14-35(15-9-19)26-31-10-5-11-32-26)36-25(33-18)23(17(2)34-36)24-20(27)6-4-7-21(24)28/h4-7,10-11,16,19,29-30H,3,8-9,12-15H2,1-2H3. The quantitative estimate of drug-likeness (QED) is 0.312. The number of fused-ring (bicyclic) bond motifs is 1. The molecule has 0 bridgehead atoms. The van der Waals surface area contributed by atoms with Gasteiger partial charge in [-0.15, -0.1) is 0 Å². The minimum absolute atomic E-state index is 0.483. The molecular weight excluding hydrogens is 495 g/mol. The van der Waals surface area contributed by atoms with Crippen molar-refractivity contribution in [2.24, 2.45) is 0 Å². The van der Waals surface area contributed by atoms with E-state index in [0.717, 1.165) is 85.4 Å². The van der Waals surface area contributed by atoms with Crippen LogP contribution < -0.4 is 15.5 Å². The molecule has 0 radical (unpaired) electrons. The molecule has 1 aliphatic rings. The highest BCUT2D eigenvalue weighted by molar-refractivity contribution is 6.39. The monoisotopic (exact) mass is 524 g/mol. The van der Waals surface area contributed by atoms with Crippen molar-refractivity contribution in [3.63, 3.8) is 0 Å². The molecular formula is C26H30Cl2N8. The molecule has 0 spiro atoms. The Morgan fingerprint density at radius 3 is 2.42 bits per heavy atom. The fourth-order valence-electron chi connectivity index (χ4n) is 4.71. The van der Waals surface area contributed by atoms with E-state index in [1.165, 1.54) is 0 Å². The number of benzene rings is 1. The van der Waals surface area contributed by atoms with E-state index in [2.05, 4.69) is 38.5 Å².